The molecule has 1 saturated carbocycles. The topological polar surface area (TPSA) is 77.8 Å². The highest BCUT2D eigenvalue weighted by Gasteiger charge is 2.44. The summed E-state index contributed by atoms with van der Waals surface area (Å²) in [5, 5.41) is 16.2. The van der Waals surface area contributed by atoms with Crippen LogP contribution in [0.4, 0.5) is 5.82 Å². The number of nitrogens with zero attached hydrogens (tertiary/aromatic N) is 2. The van der Waals surface area contributed by atoms with Gasteiger partial charge in [-0.3, -0.25) is 4.79 Å². The highest BCUT2D eigenvalue weighted by Crippen LogP contribution is 2.40. The number of carbonyl (C=O) groups excluding carboxylic acids is 1. The van der Waals surface area contributed by atoms with Gasteiger partial charge in [-0.05, 0) is 37.5 Å². The maximum Gasteiger partial charge on any atom is 0.240 e. The van der Waals surface area contributed by atoms with Crippen LogP contribution in [-0.4, -0.2) is 24.0 Å². The second kappa shape index (κ2) is 6.02. The number of hydrogen-bond acceptors (Lipinski definition) is 4. The van der Waals surface area contributed by atoms with Crippen molar-refractivity contribution in [3.05, 3.63) is 36.4 Å². The van der Waals surface area contributed by atoms with E-state index in [0.29, 0.717) is 25.9 Å². The lowest BCUT2D eigenvalue weighted by atomic mass is 9.69. The summed E-state index contributed by atoms with van der Waals surface area (Å²) in [5.74, 6) is 0.640. The third kappa shape index (κ3) is 2.73. The molecule has 0 radical (unpaired) electrons. The second-order valence-electron chi connectivity index (χ2n) is 5.62. The Hall–Kier alpha value is -2.61. The summed E-state index contributed by atoms with van der Waals surface area (Å²) in [6, 6.07) is 14.0. The van der Waals surface area contributed by atoms with E-state index in [0.717, 1.165) is 23.1 Å². The smallest absolute Gasteiger partial charge is 0.240 e. The molecule has 0 atom stereocenters. The summed E-state index contributed by atoms with van der Waals surface area (Å²) >= 11 is 0. The molecular formula is C17H18N4O. The predicted octanol–water partition coefficient (Wildman–Crippen LogP) is 2.46. The van der Waals surface area contributed by atoms with Crippen molar-refractivity contribution in [1.29, 1.82) is 5.26 Å². The summed E-state index contributed by atoms with van der Waals surface area (Å²) in [7, 11) is 0. The average molecular weight is 294 g/mol. The SMILES string of the molecule is N#CC1(C(=O)NCCNc2ccc3ccccc3n2)CCC1. The van der Waals surface area contributed by atoms with E-state index < -0.39 is 5.41 Å². The quantitative estimate of drug-likeness (QED) is 0.830. The zero-order valence-corrected chi connectivity index (χ0v) is 12.3. The van der Waals surface area contributed by atoms with Crippen LogP contribution < -0.4 is 10.6 Å². The van der Waals surface area contributed by atoms with E-state index in [4.69, 9.17) is 5.26 Å². The maximum absolute atomic E-state index is 12.0. The van der Waals surface area contributed by atoms with E-state index in [1.54, 1.807) is 0 Å². The molecule has 1 amide bonds. The van der Waals surface area contributed by atoms with Crippen molar-refractivity contribution < 1.29 is 4.79 Å². The van der Waals surface area contributed by atoms with Gasteiger partial charge in [-0.2, -0.15) is 5.26 Å². The van der Waals surface area contributed by atoms with Crippen LogP contribution in [0.15, 0.2) is 36.4 Å². The first-order chi connectivity index (χ1) is 10.7. The number of fused-ring (bicyclic) bond motifs is 1. The third-order valence-corrected chi connectivity index (χ3v) is 4.17. The van der Waals surface area contributed by atoms with E-state index >= 15 is 0 Å². The van der Waals surface area contributed by atoms with Crippen LogP contribution in [0.3, 0.4) is 0 Å². The lowest BCUT2D eigenvalue weighted by molar-refractivity contribution is -0.131. The molecule has 0 unspecified atom stereocenters. The van der Waals surface area contributed by atoms with Gasteiger partial charge in [0.15, 0.2) is 0 Å². The summed E-state index contributed by atoms with van der Waals surface area (Å²) in [5.41, 5.74) is 0.163. The minimum atomic E-state index is -0.777. The minimum Gasteiger partial charge on any atom is -0.368 e. The molecule has 0 saturated heterocycles. The lowest BCUT2D eigenvalue weighted by Crippen LogP contribution is -2.45. The van der Waals surface area contributed by atoms with Crippen molar-refractivity contribution >= 4 is 22.6 Å². The molecule has 1 fully saturated rings. The molecule has 112 valence electrons. The molecule has 22 heavy (non-hydrogen) atoms. The first-order valence-electron chi connectivity index (χ1n) is 7.53. The Kier molecular flexibility index (Phi) is 3.92. The largest absolute Gasteiger partial charge is 0.368 e. The number of para-hydroxylation sites is 1. The molecule has 0 bridgehead atoms. The summed E-state index contributed by atoms with van der Waals surface area (Å²) < 4.78 is 0. The van der Waals surface area contributed by atoms with E-state index in [-0.39, 0.29) is 5.91 Å². The number of carbonyl (C=O) groups is 1. The zero-order valence-electron chi connectivity index (χ0n) is 12.3. The Labute approximate surface area is 129 Å². The van der Waals surface area contributed by atoms with Crippen molar-refractivity contribution in [2.45, 2.75) is 19.3 Å². The zero-order chi connectivity index (χ0) is 15.4. The number of amides is 1. The van der Waals surface area contributed by atoms with Crippen LogP contribution in [0, 0.1) is 16.7 Å². The summed E-state index contributed by atoms with van der Waals surface area (Å²) in [4.78, 5) is 16.5. The normalized spacial score (nSPS) is 15.6. The van der Waals surface area contributed by atoms with E-state index in [1.165, 1.54) is 0 Å². The molecule has 5 heteroatoms. The Morgan fingerprint density at radius 2 is 2.05 bits per heavy atom. The van der Waals surface area contributed by atoms with Gasteiger partial charge < -0.3 is 10.6 Å². The van der Waals surface area contributed by atoms with Gasteiger partial charge in [-0.15, -0.1) is 0 Å². The average Bonchev–Trinajstić information content (AvgIpc) is 2.51. The Balaban J connectivity index is 1.50. The van der Waals surface area contributed by atoms with Crippen LogP contribution in [0.5, 0.6) is 0 Å². The van der Waals surface area contributed by atoms with E-state index in [1.807, 2.05) is 36.4 Å². The fraction of sp³-hybridized carbons (Fsp3) is 0.353. The summed E-state index contributed by atoms with van der Waals surface area (Å²) in [6.45, 7) is 1.06. The predicted molar refractivity (Wildman–Crippen MR) is 85.1 cm³/mol. The van der Waals surface area contributed by atoms with Crippen LogP contribution in [-0.2, 0) is 4.79 Å². The molecule has 0 aliphatic heterocycles. The Morgan fingerprint density at radius 1 is 1.23 bits per heavy atom. The molecule has 1 aliphatic rings. The van der Waals surface area contributed by atoms with Crippen LogP contribution >= 0.6 is 0 Å². The van der Waals surface area contributed by atoms with Crippen molar-refractivity contribution in [1.82, 2.24) is 10.3 Å². The Morgan fingerprint density at radius 3 is 2.77 bits per heavy atom. The lowest BCUT2D eigenvalue weighted by Gasteiger charge is -2.33. The summed E-state index contributed by atoms with van der Waals surface area (Å²) in [6.07, 6.45) is 2.31. The fourth-order valence-corrected chi connectivity index (χ4v) is 2.62. The number of anilines is 1. The molecule has 2 N–H and O–H groups in total. The van der Waals surface area contributed by atoms with Gasteiger partial charge in [-0.1, -0.05) is 18.2 Å². The molecule has 1 aromatic carbocycles. The number of rotatable bonds is 5. The number of nitriles is 1. The van der Waals surface area contributed by atoms with Gasteiger partial charge in [0.1, 0.15) is 11.2 Å². The molecular weight excluding hydrogens is 276 g/mol. The Bertz CT molecular complexity index is 731. The molecule has 0 spiro atoms. The van der Waals surface area contributed by atoms with Crippen molar-refractivity contribution in [3.63, 3.8) is 0 Å². The molecule has 1 heterocycles. The van der Waals surface area contributed by atoms with E-state index in [9.17, 15) is 4.79 Å². The highest BCUT2D eigenvalue weighted by molar-refractivity contribution is 5.86. The monoisotopic (exact) mass is 294 g/mol. The van der Waals surface area contributed by atoms with Gasteiger partial charge >= 0.3 is 0 Å². The number of pyridine rings is 1. The molecule has 5 nitrogen and oxygen atoms in total. The van der Waals surface area contributed by atoms with Gasteiger partial charge in [-0.25, -0.2) is 4.98 Å². The number of hydrogen-bond donors (Lipinski definition) is 2. The van der Waals surface area contributed by atoms with Gasteiger partial charge in [0.2, 0.25) is 5.91 Å². The molecule has 1 aliphatic carbocycles. The first kappa shape index (κ1) is 14.3. The van der Waals surface area contributed by atoms with Crippen LogP contribution in [0.1, 0.15) is 19.3 Å². The number of benzene rings is 1. The first-order valence-corrected chi connectivity index (χ1v) is 7.53. The molecule has 2 aromatic rings. The van der Waals surface area contributed by atoms with Crippen molar-refractivity contribution in [2.75, 3.05) is 18.4 Å². The fourth-order valence-electron chi connectivity index (χ4n) is 2.62. The van der Waals surface area contributed by atoms with Crippen LogP contribution in [0.2, 0.25) is 0 Å². The maximum atomic E-state index is 12.0. The second-order valence-corrected chi connectivity index (χ2v) is 5.62. The minimum absolute atomic E-state index is 0.144. The van der Waals surface area contributed by atoms with Gasteiger partial charge in [0.25, 0.3) is 0 Å². The van der Waals surface area contributed by atoms with Crippen molar-refractivity contribution in [2.24, 2.45) is 5.41 Å². The van der Waals surface area contributed by atoms with Gasteiger partial charge in [0, 0.05) is 18.5 Å². The molecule has 3 rings (SSSR count). The highest BCUT2D eigenvalue weighted by atomic mass is 16.2. The number of nitrogens with one attached hydrogen (secondary N) is 2. The van der Waals surface area contributed by atoms with E-state index in [2.05, 4.69) is 21.7 Å². The van der Waals surface area contributed by atoms with Crippen LogP contribution in [0.25, 0.3) is 10.9 Å². The van der Waals surface area contributed by atoms with Gasteiger partial charge in [0.05, 0.1) is 11.6 Å². The van der Waals surface area contributed by atoms with Crippen molar-refractivity contribution in [3.8, 4) is 6.07 Å². The third-order valence-electron chi connectivity index (χ3n) is 4.17. The number of aromatic nitrogens is 1. The standard InChI is InChI=1S/C17H18N4O/c18-12-17(8-3-9-17)16(22)20-11-10-19-15-7-6-13-4-1-2-5-14(13)21-15/h1-2,4-7H,3,8-11H2,(H,19,21)(H,20,22). The molecule has 1 aromatic heterocycles.